The quantitative estimate of drug-likeness (QED) is 0.0514. The van der Waals surface area contributed by atoms with E-state index in [9.17, 15) is 26.4 Å². The first-order chi connectivity index (χ1) is 37.5. The summed E-state index contributed by atoms with van der Waals surface area (Å²) in [7, 11) is -3.42. The van der Waals surface area contributed by atoms with E-state index in [1.54, 1.807) is 12.1 Å². The third kappa shape index (κ3) is 15.6. The zero-order valence-corrected chi connectivity index (χ0v) is 48.8. The summed E-state index contributed by atoms with van der Waals surface area (Å²) in [5.74, 6) is -0.151. The van der Waals surface area contributed by atoms with Gasteiger partial charge < -0.3 is 50.0 Å². The van der Waals surface area contributed by atoms with E-state index in [0.717, 1.165) is 44.5 Å². The second kappa shape index (κ2) is 28.2. The molecule has 18 nitrogen and oxygen atoms in total. The molecule has 0 aliphatic carbocycles. The van der Waals surface area contributed by atoms with E-state index in [0.29, 0.717) is 121 Å². The number of hydrogen-bond donors (Lipinski definition) is 4. The number of carbonyl (C=O) groups excluding carboxylic acids is 2. The fraction of sp³-hybridized carbons (Fsp3) is 0.519. The molecular weight excluding hydrogens is 1130 g/mol. The topological polar surface area (TPSA) is 200 Å². The van der Waals surface area contributed by atoms with Crippen molar-refractivity contribution in [3.8, 4) is 0 Å². The van der Waals surface area contributed by atoms with Crippen molar-refractivity contribution >= 4 is 78.5 Å². The Bertz CT molecular complexity index is 2780. The van der Waals surface area contributed by atoms with E-state index in [1.165, 1.54) is 8.61 Å². The Hall–Kier alpha value is -3.84. The van der Waals surface area contributed by atoms with Crippen LogP contribution in [0.25, 0.3) is 0 Å². The molecule has 4 amide bonds. The van der Waals surface area contributed by atoms with Crippen molar-refractivity contribution in [3.05, 3.63) is 125 Å². The van der Waals surface area contributed by atoms with Crippen LogP contribution in [-0.2, 0) is 64.9 Å². The summed E-state index contributed by atoms with van der Waals surface area (Å²) in [6, 6.07) is 18.2. The minimum atomic E-state index is -3.73. The number of likely N-dealkylation sites (N-methyl/N-ethyl adjacent to an activating group) is 2. The van der Waals surface area contributed by atoms with Gasteiger partial charge in [0.15, 0.2) is 0 Å². The van der Waals surface area contributed by atoms with Gasteiger partial charge in [-0.25, -0.2) is 26.4 Å². The molecule has 4 N–H and O–H groups in total. The predicted octanol–water partition coefficient (Wildman–Crippen LogP) is 6.69. The summed E-state index contributed by atoms with van der Waals surface area (Å²) in [6.07, 6.45) is 2.54. The maximum absolute atomic E-state index is 13.8. The predicted molar refractivity (Wildman–Crippen MR) is 302 cm³/mol. The minimum absolute atomic E-state index is 0.0754. The SMILES string of the molecule is CN1Cc2c(Cl)cc(Cl)cc2C(c2ccc3c(c2)S(=O)(=O)N(CCOCCOCCNC(=O)NCCCCNC(=O)NCCOCCOCCN2CCc4ccc(C5CN(C)Cc6c(Cl)cc(Cl)cc65)cc4S2(=O)=O)CC3)C1. The van der Waals surface area contributed by atoms with Crippen LogP contribution in [0.3, 0.4) is 0 Å². The molecule has 0 bridgehead atoms. The highest BCUT2D eigenvalue weighted by molar-refractivity contribution is 7.89. The molecular formula is C54H70Cl4N8O10S2. The van der Waals surface area contributed by atoms with E-state index >= 15 is 0 Å². The highest BCUT2D eigenvalue weighted by Gasteiger charge is 2.36. The average Bonchev–Trinajstić information content (AvgIpc) is 3.48. The maximum Gasteiger partial charge on any atom is 0.314 e. The summed E-state index contributed by atoms with van der Waals surface area (Å²) >= 11 is 25.9. The summed E-state index contributed by atoms with van der Waals surface area (Å²) in [5, 5.41) is 13.4. The van der Waals surface area contributed by atoms with Gasteiger partial charge in [-0.2, -0.15) is 8.61 Å². The van der Waals surface area contributed by atoms with Crippen molar-refractivity contribution in [2.24, 2.45) is 0 Å². The standard InChI is InChI=1S/C54H70Cl4N8O10S2/c1-63-33-45(43-29-41(55)31-49(57)47(43)35-63)39-7-5-37-9-15-65(77(69,70)51(37)27-39)17-21-75-25-23-73-19-13-61-53(67)59-11-3-4-12-60-54(68)62-14-20-74-24-26-76-22-18-66-16-10-38-6-8-40(28-52(38)78(66,71)72)46-34-64(2)36-48-44(46)30-42(56)32-50(48)58/h5-8,27-32,45-46H,3-4,9-26,33-36H2,1-2H3,(H2,59,61,67)(H2,60,62,68). The van der Waals surface area contributed by atoms with Crippen LogP contribution in [0.15, 0.2) is 70.5 Å². The van der Waals surface area contributed by atoms with E-state index in [1.807, 2.05) is 62.6 Å². The Morgan fingerprint density at radius 2 is 0.910 bits per heavy atom. The summed E-state index contributed by atoms with van der Waals surface area (Å²) in [6.45, 7) is 7.56. The van der Waals surface area contributed by atoms with Crippen molar-refractivity contribution < 1.29 is 45.4 Å². The van der Waals surface area contributed by atoms with Gasteiger partial charge in [-0.3, -0.25) is 0 Å². The Labute approximate surface area is 478 Å². The molecule has 0 aromatic heterocycles. The van der Waals surface area contributed by atoms with Gasteiger partial charge in [-0.05, 0) is 121 Å². The maximum atomic E-state index is 13.8. The Morgan fingerprint density at radius 3 is 1.32 bits per heavy atom. The lowest BCUT2D eigenvalue weighted by atomic mass is 9.84. The highest BCUT2D eigenvalue weighted by Crippen LogP contribution is 2.42. The largest absolute Gasteiger partial charge is 0.378 e. The lowest BCUT2D eigenvalue weighted by molar-refractivity contribution is 0.0459. The molecule has 4 heterocycles. The van der Waals surface area contributed by atoms with Crippen molar-refractivity contribution in [1.82, 2.24) is 39.7 Å². The number of unbranched alkanes of at least 4 members (excludes halogenated alkanes) is 1. The fourth-order valence-electron chi connectivity index (χ4n) is 10.4. The van der Waals surface area contributed by atoms with Gasteiger partial charge in [0.05, 0.1) is 62.6 Å². The molecule has 0 fully saturated rings. The van der Waals surface area contributed by atoms with Crippen molar-refractivity contribution in [1.29, 1.82) is 0 Å². The third-order valence-corrected chi connectivity index (χ3v) is 19.5. The zero-order valence-electron chi connectivity index (χ0n) is 44.1. The number of ether oxygens (including phenoxy) is 4. The van der Waals surface area contributed by atoms with Crippen LogP contribution in [0.1, 0.15) is 69.2 Å². The van der Waals surface area contributed by atoms with Crippen LogP contribution >= 0.6 is 46.4 Å². The summed E-state index contributed by atoms with van der Waals surface area (Å²) in [4.78, 5) is 29.4. The average molecular weight is 1200 g/mol. The first kappa shape index (κ1) is 60.3. The van der Waals surface area contributed by atoms with Crippen LogP contribution in [0, 0.1) is 0 Å². The highest BCUT2D eigenvalue weighted by atomic mass is 35.5. The second-order valence-electron chi connectivity index (χ2n) is 20.0. The number of rotatable bonds is 25. The fourth-order valence-corrected chi connectivity index (χ4v) is 15.0. The number of benzene rings is 4. The van der Waals surface area contributed by atoms with E-state index in [2.05, 4.69) is 31.1 Å². The number of halogens is 4. The number of carbonyl (C=O) groups is 2. The van der Waals surface area contributed by atoms with Crippen LogP contribution in [0.2, 0.25) is 20.1 Å². The lowest BCUT2D eigenvalue weighted by Crippen LogP contribution is -2.40. The Kier molecular flexibility index (Phi) is 21.8. The number of fused-ring (bicyclic) bond motifs is 4. The van der Waals surface area contributed by atoms with E-state index in [-0.39, 0.29) is 89.8 Å². The zero-order chi connectivity index (χ0) is 55.4. The number of amides is 4. The smallest absolute Gasteiger partial charge is 0.314 e. The van der Waals surface area contributed by atoms with Gasteiger partial charge in [-0.15, -0.1) is 0 Å². The first-order valence-corrected chi connectivity index (χ1v) is 30.8. The molecule has 24 heteroatoms. The Morgan fingerprint density at radius 1 is 0.526 bits per heavy atom. The monoisotopic (exact) mass is 1190 g/mol. The van der Waals surface area contributed by atoms with Crippen molar-refractivity contribution in [3.63, 3.8) is 0 Å². The van der Waals surface area contributed by atoms with Crippen LogP contribution < -0.4 is 21.3 Å². The lowest BCUT2D eigenvalue weighted by Gasteiger charge is -2.34. The molecule has 0 spiro atoms. The van der Waals surface area contributed by atoms with Gasteiger partial charge >= 0.3 is 12.1 Å². The van der Waals surface area contributed by atoms with Crippen molar-refractivity contribution in [2.45, 2.75) is 60.4 Å². The Balaban J connectivity index is 0.603. The molecule has 4 aliphatic rings. The second-order valence-corrected chi connectivity index (χ2v) is 25.5. The number of sulfonamides is 2. The van der Waals surface area contributed by atoms with Gasteiger partial charge in [0.2, 0.25) is 20.0 Å². The molecule has 0 saturated carbocycles. The normalized spacial score (nSPS) is 19.1. The molecule has 0 saturated heterocycles. The molecule has 4 aliphatic heterocycles. The van der Waals surface area contributed by atoms with Crippen LogP contribution in [0.5, 0.6) is 0 Å². The van der Waals surface area contributed by atoms with Gasteiger partial charge in [0.25, 0.3) is 0 Å². The molecule has 4 aromatic rings. The summed E-state index contributed by atoms with van der Waals surface area (Å²) < 4.78 is 80.7. The molecule has 0 radical (unpaired) electrons. The van der Waals surface area contributed by atoms with Gasteiger partial charge in [0, 0.05) is 110 Å². The number of urea groups is 2. The number of nitrogens with one attached hydrogen (secondary N) is 4. The minimum Gasteiger partial charge on any atom is -0.378 e. The molecule has 4 aromatic carbocycles. The molecule has 78 heavy (non-hydrogen) atoms. The number of nitrogens with zero attached hydrogens (tertiary/aromatic N) is 4. The molecule has 426 valence electrons. The van der Waals surface area contributed by atoms with Gasteiger partial charge in [0.1, 0.15) is 0 Å². The molecule has 2 atom stereocenters. The first-order valence-electron chi connectivity index (χ1n) is 26.4. The van der Waals surface area contributed by atoms with Crippen molar-refractivity contribution in [2.75, 3.05) is 132 Å². The van der Waals surface area contributed by atoms with Crippen LogP contribution in [-0.4, -0.2) is 180 Å². The molecule has 2 unspecified atom stereocenters. The van der Waals surface area contributed by atoms with Gasteiger partial charge in [-0.1, -0.05) is 70.7 Å². The molecule has 8 rings (SSSR count). The van der Waals surface area contributed by atoms with Crippen LogP contribution in [0.4, 0.5) is 9.59 Å². The van der Waals surface area contributed by atoms with E-state index in [4.69, 9.17) is 65.4 Å². The number of hydrogen-bond acceptors (Lipinski definition) is 12. The third-order valence-electron chi connectivity index (χ3n) is 14.4. The van der Waals surface area contributed by atoms with E-state index < -0.39 is 20.0 Å². The summed E-state index contributed by atoms with van der Waals surface area (Å²) in [5.41, 5.74) is 7.47.